The highest BCUT2D eigenvalue weighted by molar-refractivity contribution is 9.10. The van der Waals surface area contributed by atoms with Gasteiger partial charge < -0.3 is 10.4 Å². The number of nitrogens with one attached hydrogen (secondary N) is 2. The van der Waals surface area contributed by atoms with E-state index < -0.39 is 29.4 Å². The average molecular weight is 463 g/mol. The third-order valence-corrected chi connectivity index (χ3v) is 6.78. The van der Waals surface area contributed by atoms with Gasteiger partial charge in [-0.2, -0.15) is 0 Å². The van der Waals surface area contributed by atoms with Crippen molar-refractivity contribution in [2.75, 3.05) is 5.32 Å². The predicted molar refractivity (Wildman–Crippen MR) is 117 cm³/mol. The van der Waals surface area contributed by atoms with Gasteiger partial charge in [0.1, 0.15) is 11.5 Å². The maximum absolute atomic E-state index is 13.7. The van der Waals surface area contributed by atoms with E-state index in [4.69, 9.17) is 0 Å². The number of benzene rings is 3. The molecule has 2 heterocycles. The van der Waals surface area contributed by atoms with Gasteiger partial charge in [-0.15, -0.1) is 0 Å². The fourth-order valence-corrected chi connectivity index (χ4v) is 5.35. The predicted octanol–water partition coefficient (Wildman–Crippen LogP) is 4.22. The monoisotopic (exact) mass is 462 g/mol. The summed E-state index contributed by atoms with van der Waals surface area (Å²) in [7, 11) is 0. The molecule has 5 rings (SSSR count). The molecule has 0 aliphatic carbocycles. The maximum atomic E-state index is 13.7. The molecule has 4 atom stereocenters. The summed E-state index contributed by atoms with van der Waals surface area (Å²) >= 11 is 3.46. The molecule has 1 amide bonds. The van der Waals surface area contributed by atoms with E-state index in [0.29, 0.717) is 0 Å². The Hall–Kier alpha value is -2.96. The van der Waals surface area contributed by atoms with Gasteiger partial charge in [0.15, 0.2) is 0 Å². The number of fused-ring (bicyclic) bond motifs is 2. The molecule has 3 aromatic carbocycles. The number of carbonyl (C=O) groups is 2. The molecule has 5 nitrogen and oxygen atoms in total. The van der Waals surface area contributed by atoms with Crippen LogP contribution >= 0.6 is 15.9 Å². The van der Waals surface area contributed by atoms with Crippen molar-refractivity contribution >= 4 is 33.5 Å². The Balaban J connectivity index is 1.81. The minimum atomic E-state index is -1.09. The van der Waals surface area contributed by atoms with E-state index in [1.165, 1.54) is 0 Å². The standard InChI is InChI=1S/C24H19BrN2O3/c25-16-12-10-15(11-13-16)21-24(17-8-4-5-9-18(17)26-23(24)30)19(20(27-21)22(28)29)14-6-2-1-3-7-14/h1-13,19-21,27H,(H,26,30)(H,28,29)/t19-,20+,21+,24+/m0/s1. The minimum Gasteiger partial charge on any atom is -0.480 e. The van der Waals surface area contributed by atoms with E-state index in [1.54, 1.807) is 0 Å². The highest BCUT2D eigenvalue weighted by atomic mass is 79.9. The van der Waals surface area contributed by atoms with Crippen LogP contribution in [-0.2, 0) is 15.0 Å². The molecule has 0 aromatic heterocycles. The highest BCUT2D eigenvalue weighted by Gasteiger charge is 2.65. The van der Waals surface area contributed by atoms with Crippen LogP contribution in [0.15, 0.2) is 83.3 Å². The first-order valence-electron chi connectivity index (χ1n) is 9.73. The van der Waals surface area contributed by atoms with Crippen LogP contribution in [0.3, 0.4) is 0 Å². The summed E-state index contributed by atoms with van der Waals surface area (Å²) in [6.45, 7) is 0. The number of carboxylic acids is 1. The highest BCUT2D eigenvalue weighted by Crippen LogP contribution is 2.59. The zero-order valence-corrected chi connectivity index (χ0v) is 17.5. The van der Waals surface area contributed by atoms with Crippen molar-refractivity contribution in [2.45, 2.75) is 23.4 Å². The van der Waals surface area contributed by atoms with Crippen LogP contribution in [0.2, 0.25) is 0 Å². The van der Waals surface area contributed by atoms with Crippen LogP contribution in [0, 0.1) is 0 Å². The SMILES string of the molecule is O=C(O)[C@@H]1N[C@H](c2ccc(Br)cc2)[C@]2(C(=O)Nc3ccccc32)[C@H]1c1ccccc1. The number of halogens is 1. The summed E-state index contributed by atoms with van der Waals surface area (Å²) in [6.07, 6.45) is 0. The first-order chi connectivity index (χ1) is 14.5. The van der Waals surface area contributed by atoms with Crippen LogP contribution in [0.1, 0.15) is 28.7 Å². The summed E-state index contributed by atoms with van der Waals surface area (Å²) in [5.74, 6) is -1.73. The molecule has 1 spiro atoms. The number of carbonyl (C=O) groups excluding carboxylic acids is 1. The molecule has 0 unspecified atom stereocenters. The first-order valence-corrected chi connectivity index (χ1v) is 10.5. The number of hydrogen-bond donors (Lipinski definition) is 3. The molecule has 6 heteroatoms. The van der Waals surface area contributed by atoms with Crippen LogP contribution < -0.4 is 10.6 Å². The van der Waals surface area contributed by atoms with Crippen LogP contribution in [0.4, 0.5) is 5.69 Å². The van der Waals surface area contributed by atoms with Gasteiger partial charge in [-0.05, 0) is 34.9 Å². The number of rotatable bonds is 3. The average Bonchev–Trinajstić information content (AvgIpc) is 3.26. The van der Waals surface area contributed by atoms with E-state index in [9.17, 15) is 14.7 Å². The van der Waals surface area contributed by atoms with Crippen molar-refractivity contribution in [1.29, 1.82) is 0 Å². The Morgan fingerprint density at radius 3 is 2.27 bits per heavy atom. The normalized spacial score (nSPS) is 27.1. The van der Waals surface area contributed by atoms with Crippen LogP contribution in [-0.4, -0.2) is 23.0 Å². The maximum Gasteiger partial charge on any atom is 0.321 e. The van der Waals surface area contributed by atoms with Crippen LogP contribution in [0.25, 0.3) is 0 Å². The van der Waals surface area contributed by atoms with E-state index in [-0.39, 0.29) is 5.91 Å². The number of amides is 1. The molecule has 2 aliphatic heterocycles. The molecule has 1 saturated heterocycles. The van der Waals surface area contributed by atoms with Gasteiger partial charge in [0.05, 0.1) is 6.04 Å². The Morgan fingerprint density at radius 1 is 0.900 bits per heavy atom. The molecule has 2 aliphatic rings. The molecule has 0 bridgehead atoms. The largest absolute Gasteiger partial charge is 0.480 e. The molecule has 1 fully saturated rings. The van der Waals surface area contributed by atoms with Crippen molar-refractivity contribution in [3.63, 3.8) is 0 Å². The molecule has 30 heavy (non-hydrogen) atoms. The lowest BCUT2D eigenvalue weighted by Crippen LogP contribution is -2.44. The minimum absolute atomic E-state index is 0.179. The molecule has 3 aromatic rings. The van der Waals surface area contributed by atoms with Crippen molar-refractivity contribution in [1.82, 2.24) is 5.32 Å². The number of para-hydroxylation sites is 1. The number of carboxylic acid groups (broad SMARTS) is 1. The van der Waals surface area contributed by atoms with E-state index in [2.05, 4.69) is 26.6 Å². The van der Waals surface area contributed by atoms with Gasteiger partial charge >= 0.3 is 5.97 Å². The fraction of sp³-hybridized carbons (Fsp3) is 0.167. The number of anilines is 1. The zero-order chi connectivity index (χ0) is 20.9. The second kappa shape index (κ2) is 7.07. The summed E-state index contributed by atoms with van der Waals surface area (Å²) in [6, 6.07) is 23.3. The van der Waals surface area contributed by atoms with Crippen molar-refractivity contribution in [2.24, 2.45) is 0 Å². The Labute approximate surface area is 182 Å². The lowest BCUT2D eigenvalue weighted by atomic mass is 9.63. The summed E-state index contributed by atoms with van der Waals surface area (Å²) < 4.78 is 0.920. The Bertz CT molecular complexity index is 1130. The smallest absolute Gasteiger partial charge is 0.321 e. The quantitative estimate of drug-likeness (QED) is 0.544. The third-order valence-electron chi connectivity index (χ3n) is 6.25. The lowest BCUT2D eigenvalue weighted by molar-refractivity contribution is -0.139. The Morgan fingerprint density at radius 2 is 1.57 bits per heavy atom. The second-order valence-electron chi connectivity index (χ2n) is 7.72. The third kappa shape index (κ3) is 2.64. The van der Waals surface area contributed by atoms with Crippen LogP contribution in [0.5, 0.6) is 0 Å². The zero-order valence-electron chi connectivity index (χ0n) is 15.9. The summed E-state index contributed by atoms with van der Waals surface area (Å²) in [5, 5.41) is 16.5. The first kappa shape index (κ1) is 19.0. The molecule has 0 radical (unpaired) electrons. The summed E-state index contributed by atoms with van der Waals surface area (Å²) in [4.78, 5) is 26.1. The van der Waals surface area contributed by atoms with Crippen molar-refractivity contribution in [3.8, 4) is 0 Å². The van der Waals surface area contributed by atoms with Crippen molar-refractivity contribution in [3.05, 3.63) is 100 Å². The molecular formula is C24H19BrN2O3. The molecule has 0 saturated carbocycles. The van der Waals surface area contributed by atoms with Gasteiger partial charge in [-0.3, -0.25) is 14.9 Å². The second-order valence-corrected chi connectivity index (χ2v) is 8.64. The van der Waals surface area contributed by atoms with Gasteiger partial charge in [-0.25, -0.2) is 0 Å². The van der Waals surface area contributed by atoms with E-state index >= 15 is 0 Å². The molecule has 150 valence electrons. The number of hydrogen-bond acceptors (Lipinski definition) is 3. The van der Waals surface area contributed by atoms with Gasteiger partial charge in [0, 0.05) is 16.1 Å². The molecular weight excluding hydrogens is 444 g/mol. The summed E-state index contributed by atoms with van der Waals surface area (Å²) in [5.41, 5.74) is 2.17. The van der Waals surface area contributed by atoms with E-state index in [0.717, 1.165) is 26.9 Å². The topological polar surface area (TPSA) is 78.4 Å². The van der Waals surface area contributed by atoms with Gasteiger partial charge in [0.2, 0.25) is 5.91 Å². The number of aliphatic carboxylic acids is 1. The molecule has 3 N–H and O–H groups in total. The van der Waals surface area contributed by atoms with E-state index in [1.807, 2.05) is 78.9 Å². The van der Waals surface area contributed by atoms with Gasteiger partial charge in [0.25, 0.3) is 0 Å². The lowest BCUT2D eigenvalue weighted by Gasteiger charge is -2.35. The fourth-order valence-electron chi connectivity index (χ4n) is 5.09. The Kier molecular flexibility index (Phi) is 4.49. The van der Waals surface area contributed by atoms with Crippen molar-refractivity contribution < 1.29 is 14.7 Å². The van der Waals surface area contributed by atoms with Gasteiger partial charge in [-0.1, -0.05) is 76.6 Å².